The van der Waals surface area contributed by atoms with Crippen LogP contribution in [0.5, 0.6) is 0 Å². The summed E-state index contributed by atoms with van der Waals surface area (Å²) in [5.41, 5.74) is 1.72. The topological polar surface area (TPSA) is 30.2 Å². The van der Waals surface area contributed by atoms with Gasteiger partial charge in [0.1, 0.15) is 5.03 Å². The maximum Gasteiger partial charge on any atom is 0.170 e. The quantitative estimate of drug-likeness (QED) is 0.776. The van der Waals surface area contributed by atoms with Crippen LogP contribution in [0.2, 0.25) is 5.02 Å². The van der Waals surface area contributed by atoms with E-state index in [1.807, 2.05) is 19.4 Å². The van der Waals surface area contributed by atoms with Crippen LogP contribution in [0.15, 0.2) is 16.1 Å². The molecule has 2 aromatic rings. The van der Waals surface area contributed by atoms with Gasteiger partial charge in [0, 0.05) is 0 Å². The summed E-state index contributed by atoms with van der Waals surface area (Å²) in [6.07, 6.45) is 5.84. The highest BCUT2D eigenvalue weighted by atomic mass is 35.5. The molecule has 0 aliphatic carbocycles. The minimum Gasteiger partial charge on any atom is -0.231 e. The van der Waals surface area contributed by atoms with E-state index in [-0.39, 0.29) is 0 Å². The van der Waals surface area contributed by atoms with Crippen molar-refractivity contribution < 1.29 is 0 Å². The number of rotatable bonds is 2. The first-order valence-electron chi connectivity index (χ1n) is 4.31. The zero-order valence-corrected chi connectivity index (χ0v) is 11.0. The lowest BCUT2D eigenvalue weighted by atomic mass is 10.4. The Morgan fingerprint density at radius 2 is 2.07 bits per heavy atom. The second-order valence-corrected chi connectivity index (χ2v) is 5.00. The molecule has 3 nitrogen and oxygen atoms in total. The van der Waals surface area contributed by atoms with Crippen molar-refractivity contribution in [2.24, 2.45) is 0 Å². The molecule has 80 valence electrons. The van der Waals surface area contributed by atoms with Gasteiger partial charge in [-0.15, -0.1) is 23.5 Å². The van der Waals surface area contributed by atoms with Crippen molar-refractivity contribution in [3.05, 3.63) is 16.9 Å². The van der Waals surface area contributed by atoms with Gasteiger partial charge in [0.05, 0.1) is 21.8 Å². The molecule has 2 rings (SSSR count). The summed E-state index contributed by atoms with van der Waals surface area (Å²) in [6, 6.07) is 0. The SMILES string of the molecule is CSc1nn2cc(Cl)c(C)nc2c1SC. The van der Waals surface area contributed by atoms with Gasteiger partial charge in [-0.3, -0.25) is 0 Å². The smallest absolute Gasteiger partial charge is 0.170 e. The molecule has 0 aliphatic rings. The molecule has 2 aromatic heterocycles. The molecule has 0 fully saturated rings. The normalized spacial score (nSPS) is 11.2. The number of hydrogen-bond donors (Lipinski definition) is 0. The Bertz CT molecular complexity index is 510. The number of aryl methyl sites for hydroxylation is 1. The maximum atomic E-state index is 6.00. The molecule has 0 radical (unpaired) electrons. The van der Waals surface area contributed by atoms with Crippen LogP contribution in [0.1, 0.15) is 5.69 Å². The highest BCUT2D eigenvalue weighted by Gasteiger charge is 2.13. The van der Waals surface area contributed by atoms with E-state index in [1.54, 1.807) is 34.2 Å². The average Bonchev–Trinajstić information content (AvgIpc) is 2.56. The van der Waals surface area contributed by atoms with Crippen LogP contribution in [0.4, 0.5) is 0 Å². The Labute approximate surface area is 102 Å². The molecule has 0 atom stereocenters. The molecule has 0 spiro atoms. The van der Waals surface area contributed by atoms with Crippen molar-refractivity contribution in [2.45, 2.75) is 16.8 Å². The Kier molecular flexibility index (Phi) is 3.13. The minimum atomic E-state index is 0.644. The molecule has 0 saturated heterocycles. The largest absolute Gasteiger partial charge is 0.231 e. The zero-order valence-electron chi connectivity index (χ0n) is 8.61. The average molecular weight is 260 g/mol. The standard InChI is InChI=1S/C9H10ClN3S2/c1-5-6(10)4-13-8(11-5)7(14-2)9(12-13)15-3/h4H,1-3H3. The van der Waals surface area contributed by atoms with E-state index < -0.39 is 0 Å². The van der Waals surface area contributed by atoms with Crippen molar-refractivity contribution in [3.8, 4) is 0 Å². The highest BCUT2D eigenvalue weighted by molar-refractivity contribution is 8.01. The lowest BCUT2D eigenvalue weighted by molar-refractivity contribution is 0.880. The van der Waals surface area contributed by atoms with E-state index in [0.717, 1.165) is 21.3 Å². The highest BCUT2D eigenvalue weighted by Crippen LogP contribution is 2.31. The molecule has 6 heteroatoms. The van der Waals surface area contributed by atoms with E-state index in [4.69, 9.17) is 11.6 Å². The van der Waals surface area contributed by atoms with Crippen molar-refractivity contribution in [1.29, 1.82) is 0 Å². The molecule has 0 N–H and O–H groups in total. The predicted octanol–water partition coefficient (Wildman–Crippen LogP) is 3.13. The van der Waals surface area contributed by atoms with Crippen molar-refractivity contribution in [3.63, 3.8) is 0 Å². The maximum absolute atomic E-state index is 6.00. The monoisotopic (exact) mass is 259 g/mol. The van der Waals surface area contributed by atoms with Gasteiger partial charge in [0.15, 0.2) is 5.65 Å². The van der Waals surface area contributed by atoms with Crippen LogP contribution in [-0.2, 0) is 0 Å². The molecule has 0 aromatic carbocycles. The van der Waals surface area contributed by atoms with Crippen LogP contribution in [-0.4, -0.2) is 27.1 Å². The van der Waals surface area contributed by atoms with Gasteiger partial charge >= 0.3 is 0 Å². The van der Waals surface area contributed by atoms with Gasteiger partial charge in [-0.05, 0) is 19.4 Å². The zero-order chi connectivity index (χ0) is 11.0. The van der Waals surface area contributed by atoms with Gasteiger partial charge < -0.3 is 0 Å². The van der Waals surface area contributed by atoms with Crippen LogP contribution in [0.3, 0.4) is 0 Å². The number of fused-ring (bicyclic) bond motifs is 1. The predicted molar refractivity (Wildman–Crippen MR) is 66.3 cm³/mol. The van der Waals surface area contributed by atoms with Crippen LogP contribution < -0.4 is 0 Å². The number of halogens is 1. The van der Waals surface area contributed by atoms with Gasteiger partial charge in [-0.25, -0.2) is 9.50 Å². The number of aromatic nitrogens is 3. The third-order valence-electron chi connectivity index (χ3n) is 2.07. The first kappa shape index (κ1) is 11.1. The fourth-order valence-corrected chi connectivity index (χ4v) is 2.93. The van der Waals surface area contributed by atoms with E-state index in [1.165, 1.54) is 0 Å². The molecule has 0 amide bonds. The summed E-state index contributed by atoms with van der Waals surface area (Å²) in [5, 5.41) is 6.06. The Morgan fingerprint density at radius 3 is 2.67 bits per heavy atom. The van der Waals surface area contributed by atoms with E-state index >= 15 is 0 Å². The molecule has 0 aliphatic heterocycles. The van der Waals surface area contributed by atoms with Crippen LogP contribution in [0.25, 0.3) is 5.65 Å². The molecule has 2 heterocycles. The van der Waals surface area contributed by atoms with Crippen LogP contribution in [0, 0.1) is 6.92 Å². The molecule has 0 bridgehead atoms. The number of hydrogen-bond acceptors (Lipinski definition) is 4. The van der Waals surface area contributed by atoms with Crippen molar-refractivity contribution in [2.75, 3.05) is 12.5 Å². The van der Waals surface area contributed by atoms with Gasteiger partial charge in [0.2, 0.25) is 0 Å². The Balaban J connectivity index is 2.77. The Morgan fingerprint density at radius 1 is 1.33 bits per heavy atom. The summed E-state index contributed by atoms with van der Waals surface area (Å²) in [6.45, 7) is 1.90. The summed E-state index contributed by atoms with van der Waals surface area (Å²) in [4.78, 5) is 5.56. The van der Waals surface area contributed by atoms with Crippen molar-refractivity contribution in [1.82, 2.24) is 14.6 Å². The molecule has 0 unspecified atom stereocenters. The van der Waals surface area contributed by atoms with E-state index in [9.17, 15) is 0 Å². The lowest BCUT2D eigenvalue weighted by Gasteiger charge is -1.98. The molecular formula is C9H10ClN3S2. The van der Waals surface area contributed by atoms with Crippen molar-refractivity contribution >= 4 is 40.8 Å². The summed E-state index contributed by atoms with van der Waals surface area (Å²) >= 11 is 9.28. The van der Waals surface area contributed by atoms with Crippen LogP contribution >= 0.6 is 35.1 Å². The fourth-order valence-electron chi connectivity index (χ4n) is 1.31. The summed E-state index contributed by atoms with van der Waals surface area (Å²) in [5.74, 6) is 0. The first-order chi connectivity index (χ1) is 7.17. The molecule has 0 saturated carbocycles. The molecular weight excluding hydrogens is 250 g/mol. The second-order valence-electron chi connectivity index (χ2n) is 2.98. The lowest BCUT2D eigenvalue weighted by Crippen LogP contribution is -1.93. The summed E-state index contributed by atoms with van der Waals surface area (Å²) < 4.78 is 1.74. The van der Waals surface area contributed by atoms with E-state index in [2.05, 4.69) is 10.1 Å². The Hall–Kier alpha value is -0.390. The van der Waals surface area contributed by atoms with Gasteiger partial charge in [0.25, 0.3) is 0 Å². The first-order valence-corrected chi connectivity index (χ1v) is 7.13. The minimum absolute atomic E-state index is 0.644. The third-order valence-corrected chi connectivity index (χ3v) is 4.02. The van der Waals surface area contributed by atoms with Gasteiger partial charge in [-0.1, -0.05) is 11.6 Å². The fraction of sp³-hybridized carbons (Fsp3) is 0.333. The number of thioether (sulfide) groups is 2. The summed E-state index contributed by atoms with van der Waals surface area (Å²) in [7, 11) is 0. The van der Waals surface area contributed by atoms with E-state index in [0.29, 0.717) is 5.02 Å². The number of nitrogens with zero attached hydrogens (tertiary/aromatic N) is 3. The second kappa shape index (κ2) is 4.23. The van der Waals surface area contributed by atoms with Gasteiger partial charge in [-0.2, -0.15) is 5.10 Å². The molecule has 15 heavy (non-hydrogen) atoms. The third kappa shape index (κ3) is 1.84.